The summed E-state index contributed by atoms with van der Waals surface area (Å²) in [7, 11) is 0. The maximum atomic E-state index is 13.5. The van der Waals surface area contributed by atoms with Gasteiger partial charge in [0.05, 0.1) is 16.7 Å². The maximum absolute atomic E-state index is 13.5. The van der Waals surface area contributed by atoms with Gasteiger partial charge < -0.3 is 16.8 Å². The molecule has 0 aliphatic heterocycles. The Bertz CT molecular complexity index is 1070. The van der Waals surface area contributed by atoms with E-state index in [-0.39, 0.29) is 23.7 Å². The molecule has 0 radical (unpaired) electrons. The van der Waals surface area contributed by atoms with Crippen molar-refractivity contribution in [3.63, 3.8) is 0 Å². The molecule has 1 unspecified atom stereocenters. The summed E-state index contributed by atoms with van der Waals surface area (Å²) >= 11 is 0. The molecule has 2 heterocycles. The SMILES string of the molecule is CCC(N)(CNc1ccc(C(F)(F)F)c(C(=O)c2cccnc2N)n1)c1ccccc1. The second-order valence-electron chi connectivity index (χ2n) is 7.09. The Balaban J connectivity index is 1.95. The summed E-state index contributed by atoms with van der Waals surface area (Å²) in [5, 5.41) is 2.97. The van der Waals surface area contributed by atoms with E-state index in [0.717, 1.165) is 11.6 Å². The van der Waals surface area contributed by atoms with E-state index >= 15 is 0 Å². The normalized spacial score (nSPS) is 13.5. The number of hydrogen-bond acceptors (Lipinski definition) is 6. The third-order valence-electron chi connectivity index (χ3n) is 5.06. The quantitative estimate of drug-likeness (QED) is 0.491. The van der Waals surface area contributed by atoms with Crippen molar-refractivity contribution in [1.29, 1.82) is 0 Å². The van der Waals surface area contributed by atoms with E-state index < -0.39 is 28.8 Å². The molecule has 0 amide bonds. The van der Waals surface area contributed by atoms with E-state index in [1.165, 1.54) is 24.4 Å². The van der Waals surface area contributed by atoms with Gasteiger partial charge in [0.15, 0.2) is 0 Å². The number of halogens is 3. The van der Waals surface area contributed by atoms with Crippen LogP contribution in [-0.2, 0) is 11.7 Å². The second kappa shape index (κ2) is 8.73. The Kier molecular flexibility index (Phi) is 6.26. The number of benzene rings is 1. The average Bonchev–Trinajstić information content (AvgIpc) is 2.77. The third kappa shape index (κ3) is 4.83. The predicted octanol–water partition coefficient (Wildman–Crippen LogP) is 3.98. The summed E-state index contributed by atoms with van der Waals surface area (Å²) in [5.74, 6) is -1.03. The topological polar surface area (TPSA) is 107 Å². The molecule has 9 heteroatoms. The fourth-order valence-corrected chi connectivity index (χ4v) is 3.15. The lowest BCUT2D eigenvalue weighted by molar-refractivity contribution is -0.138. The van der Waals surface area contributed by atoms with Crippen molar-refractivity contribution < 1.29 is 18.0 Å². The van der Waals surface area contributed by atoms with Crippen LogP contribution in [0.5, 0.6) is 0 Å². The third-order valence-corrected chi connectivity index (χ3v) is 5.06. The molecule has 0 saturated heterocycles. The predicted molar refractivity (Wildman–Crippen MR) is 112 cm³/mol. The summed E-state index contributed by atoms with van der Waals surface area (Å²) in [4.78, 5) is 20.6. The number of nitrogens with zero attached hydrogens (tertiary/aromatic N) is 2. The Morgan fingerprint density at radius 1 is 1.06 bits per heavy atom. The molecule has 3 aromatic rings. The van der Waals surface area contributed by atoms with E-state index in [1.807, 2.05) is 37.3 Å². The summed E-state index contributed by atoms with van der Waals surface area (Å²) < 4.78 is 40.6. The van der Waals surface area contributed by atoms with Crippen molar-refractivity contribution in [2.75, 3.05) is 17.6 Å². The van der Waals surface area contributed by atoms with Crippen molar-refractivity contribution in [2.24, 2.45) is 5.73 Å². The van der Waals surface area contributed by atoms with Gasteiger partial charge in [-0.25, -0.2) is 9.97 Å². The van der Waals surface area contributed by atoms with Crippen LogP contribution in [0.2, 0.25) is 0 Å². The minimum atomic E-state index is -4.77. The Morgan fingerprint density at radius 2 is 1.77 bits per heavy atom. The number of anilines is 2. The first-order valence-corrected chi connectivity index (χ1v) is 9.57. The first-order chi connectivity index (χ1) is 14.7. The van der Waals surface area contributed by atoms with Crippen molar-refractivity contribution in [1.82, 2.24) is 9.97 Å². The van der Waals surface area contributed by atoms with Gasteiger partial charge in [-0.1, -0.05) is 37.3 Å². The van der Waals surface area contributed by atoms with Gasteiger partial charge in [-0.3, -0.25) is 4.79 Å². The van der Waals surface area contributed by atoms with Crippen molar-refractivity contribution in [2.45, 2.75) is 25.1 Å². The number of carbonyl (C=O) groups is 1. The summed E-state index contributed by atoms with van der Waals surface area (Å²) in [6, 6.07) is 14.1. The zero-order chi connectivity index (χ0) is 22.6. The van der Waals surface area contributed by atoms with Crippen LogP contribution in [0, 0.1) is 0 Å². The lowest BCUT2D eigenvalue weighted by atomic mass is 9.88. The number of nitrogen functional groups attached to an aromatic ring is 1. The van der Waals surface area contributed by atoms with Crippen LogP contribution in [0.1, 0.15) is 40.5 Å². The van der Waals surface area contributed by atoms with E-state index in [4.69, 9.17) is 11.5 Å². The van der Waals surface area contributed by atoms with E-state index in [1.54, 1.807) is 0 Å². The molecule has 162 valence electrons. The van der Waals surface area contributed by atoms with Gasteiger partial charge in [-0.2, -0.15) is 13.2 Å². The molecule has 0 bridgehead atoms. The van der Waals surface area contributed by atoms with Crippen LogP contribution < -0.4 is 16.8 Å². The number of aromatic nitrogens is 2. The minimum Gasteiger partial charge on any atom is -0.383 e. The van der Waals surface area contributed by atoms with Crippen LogP contribution in [0.4, 0.5) is 24.8 Å². The monoisotopic (exact) mass is 429 g/mol. The Morgan fingerprint density at radius 3 is 2.39 bits per heavy atom. The zero-order valence-electron chi connectivity index (χ0n) is 16.8. The molecule has 0 spiro atoms. The van der Waals surface area contributed by atoms with Crippen LogP contribution in [-0.4, -0.2) is 22.3 Å². The minimum absolute atomic E-state index is 0.0954. The number of alkyl halides is 3. The largest absolute Gasteiger partial charge is 0.418 e. The van der Waals surface area contributed by atoms with E-state index in [9.17, 15) is 18.0 Å². The summed E-state index contributed by atoms with van der Waals surface area (Å²) in [5.41, 5.74) is 10.2. The fraction of sp³-hybridized carbons (Fsp3) is 0.227. The lowest BCUT2D eigenvalue weighted by Gasteiger charge is -2.29. The highest BCUT2D eigenvalue weighted by molar-refractivity contribution is 6.11. The van der Waals surface area contributed by atoms with Gasteiger partial charge in [0, 0.05) is 12.7 Å². The molecule has 0 fully saturated rings. The average molecular weight is 429 g/mol. The molecular formula is C22H22F3N5O. The molecule has 3 rings (SSSR count). The van der Waals surface area contributed by atoms with Gasteiger partial charge in [0.2, 0.25) is 5.78 Å². The lowest BCUT2D eigenvalue weighted by Crippen LogP contribution is -2.42. The highest BCUT2D eigenvalue weighted by atomic mass is 19.4. The molecular weight excluding hydrogens is 407 g/mol. The van der Waals surface area contributed by atoms with Gasteiger partial charge in [-0.05, 0) is 36.2 Å². The number of rotatable bonds is 7. The summed E-state index contributed by atoms with van der Waals surface area (Å²) in [6.07, 6.45) is -2.85. The Labute approximate surface area is 177 Å². The maximum Gasteiger partial charge on any atom is 0.418 e. The number of ketones is 1. The molecule has 0 aliphatic carbocycles. The number of pyridine rings is 2. The number of nitrogens with one attached hydrogen (secondary N) is 1. The second-order valence-corrected chi connectivity index (χ2v) is 7.09. The molecule has 5 N–H and O–H groups in total. The van der Waals surface area contributed by atoms with Crippen LogP contribution in [0.3, 0.4) is 0 Å². The van der Waals surface area contributed by atoms with Crippen LogP contribution in [0.25, 0.3) is 0 Å². The smallest absolute Gasteiger partial charge is 0.383 e. The van der Waals surface area contributed by atoms with Crippen LogP contribution >= 0.6 is 0 Å². The van der Waals surface area contributed by atoms with Crippen molar-refractivity contribution in [3.05, 3.63) is 83.2 Å². The number of hydrogen-bond donors (Lipinski definition) is 3. The molecule has 0 aliphatic rings. The number of carbonyl (C=O) groups excluding carboxylic acids is 1. The van der Waals surface area contributed by atoms with E-state index in [0.29, 0.717) is 6.42 Å². The van der Waals surface area contributed by atoms with Crippen LogP contribution in [0.15, 0.2) is 60.8 Å². The first-order valence-electron chi connectivity index (χ1n) is 9.57. The standard InChI is InChI=1S/C22H22F3N5O/c1-2-21(27,14-7-4-3-5-8-14)13-29-17-11-10-16(22(23,24)25)18(30-17)19(31)15-9-6-12-28-20(15)26/h3-12H,2,13,27H2,1H3,(H2,26,28)(H,29,30). The molecule has 6 nitrogen and oxygen atoms in total. The van der Waals surface area contributed by atoms with Crippen molar-refractivity contribution in [3.8, 4) is 0 Å². The van der Waals surface area contributed by atoms with Crippen molar-refractivity contribution >= 4 is 17.4 Å². The van der Waals surface area contributed by atoms with Gasteiger partial charge in [0.25, 0.3) is 0 Å². The highest BCUT2D eigenvalue weighted by Crippen LogP contribution is 2.33. The Hall–Kier alpha value is -3.46. The highest BCUT2D eigenvalue weighted by Gasteiger charge is 2.37. The van der Waals surface area contributed by atoms with Gasteiger partial charge in [0.1, 0.15) is 17.3 Å². The van der Waals surface area contributed by atoms with Gasteiger partial charge >= 0.3 is 6.18 Å². The molecule has 2 aromatic heterocycles. The first kappa shape index (κ1) is 22.2. The summed E-state index contributed by atoms with van der Waals surface area (Å²) in [6.45, 7) is 2.11. The van der Waals surface area contributed by atoms with E-state index in [2.05, 4.69) is 15.3 Å². The molecule has 1 aromatic carbocycles. The molecule has 1 atom stereocenters. The fourth-order valence-electron chi connectivity index (χ4n) is 3.15. The molecule has 31 heavy (non-hydrogen) atoms. The molecule has 0 saturated carbocycles. The zero-order valence-corrected chi connectivity index (χ0v) is 16.8. The van der Waals surface area contributed by atoms with Gasteiger partial charge in [-0.15, -0.1) is 0 Å². The number of nitrogens with two attached hydrogens (primary N) is 2.